The van der Waals surface area contributed by atoms with E-state index in [1.807, 2.05) is 0 Å². The maximum absolute atomic E-state index is 11.6. The maximum Gasteiger partial charge on any atom is 0.220 e. The number of hydrogen-bond acceptors (Lipinski definition) is 5. The van der Waals surface area contributed by atoms with E-state index < -0.39 is 30.5 Å². The Morgan fingerprint density at radius 1 is 1.50 bits per heavy atom. The minimum atomic E-state index is -1.23. The number of aliphatic hydroxyl groups excluding tert-OH is 3. The molecule has 1 heterocycles. The molecule has 1 amide bonds. The number of allylic oxidation sites excluding steroid dienone is 1. The molecule has 1 fully saturated rings. The molecular weight excluding hydrogens is 238 g/mol. The number of amides is 1. The van der Waals surface area contributed by atoms with E-state index in [9.17, 15) is 15.0 Å². The van der Waals surface area contributed by atoms with Crippen LogP contribution in [-0.4, -0.2) is 52.4 Å². The lowest BCUT2D eigenvalue weighted by Gasteiger charge is -2.41. The SMILES string of the molecule is C=CCCC(=O)NC1C(O)OC(CO)C(O)C1C. The average Bonchev–Trinajstić information content (AvgIpc) is 2.36. The van der Waals surface area contributed by atoms with E-state index in [0.717, 1.165) is 0 Å². The number of aliphatic hydroxyl groups is 3. The van der Waals surface area contributed by atoms with Gasteiger partial charge in [-0.1, -0.05) is 13.0 Å². The molecule has 104 valence electrons. The van der Waals surface area contributed by atoms with Crippen LogP contribution in [0.3, 0.4) is 0 Å². The molecule has 0 aliphatic carbocycles. The quantitative estimate of drug-likeness (QED) is 0.482. The fraction of sp³-hybridized carbons (Fsp3) is 0.750. The van der Waals surface area contributed by atoms with Gasteiger partial charge in [-0.3, -0.25) is 4.79 Å². The topological polar surface area (TPSA) is 99.0 Å². The highest BCUT2D eigenvalue weighted by Gasteiger charge is 2.42. The summed E-state index contributed by atoms with van der Waals surface area (Å²) in [6, 6.07) is -0.680. The number of rotatable bonds is 5. The molecule has 5 atom stereocenters. The first-order valence-corrected chi connectivity index (χ1v) is 6.04. The van der Waals surface area contributed by atoms with E-state index >= 15 is 0 Å². The Morgan fingerprint density at radius 2 is 2.17 bits per heavy atom. The molecule has 1 saturated heterocycles. The molecule has 1 aliphatic rings. The van der Waals surface area contributed by atoms with Crippen LogP contribution < -0.4 is 5.32 Å². The van der Waals surface area contributed by atoms with Gasteiger partial charge in [-0.2, -0.15) is 0 Å². The number of hydrogen-bond donors (Lipinski definition) is 4. The summed E-state index contributed by atoms with van der Waals surface area (Å²) in [5.74, 6) is -0.636. The van der Waals surface area contributed by atoms with E-state index in [0.29, 0.717) is 6.42 Å². The molecule has 0 aromatic carbocycles. The highest BCUT2D eigenvalue weighted by Crippen LogP contribution is 2.24. The highest BCUT2D eigenvalue weighted by atomic mass is 16.6. The second kappa shape index (κ2) is 6.84. The second-order valence-corrected chi connectivity index (χ2v) is 4.52. The molecule has 5 unspecified atom stereocenters. The van der Waals surface area contributed by atoms with Crippen molar-refractivity contribution in [3.8, 4) is 0 Å². The first-order valence-electron chi connectivity index (χ1n) is 6.04. The summed E-state index contributed by atoms with van der Waals surface area (Å²) in [5.41, 5.74) is 0. The minimum Gasteiger partial charge on any atom is -0.394 e. The molecule has 0 aromatic rings. The molecule has 0 spiro atoms. The van der Waals surface area contributed by atoms with Gasteiger partial charge < -0.3 is 25.4 Å². The third-order valence-electron chi connectivity index (χ3n) is 3.19. The third kappa shape index (κ3) is 3.52. The summed E-state index contributed by atoms with van der Waals surface area (Å²) < 4.78 is 5.06. The summed E-state index contributed by atoms with van der Waals surface area (Å²) in [7, 11) is 0. The summed E-state index contributed by atoms with van der Waals surface area (Å²) in [4.78, 5) is 11.6. The van der Waals surface area contributed by atoms with Crippen molar-refractivity contribution in [3.63, 3.8) is 0 Å². The van der Waals surface area contributed by atoms with Crippen molar-refractivity contribution in [2.45, 2.75) is 44.3 Å². The zero-order valence-electron chi connectivity index (χ0n) is 10.5. The number of ether oxygens (including phenoxy) is 1. The van der Waals surface area contributed by atoms with Crippen LogP contribution in [0.15, 0.2) is 12.7 Å². The zero-order chi connectivity index (χ0) is 13.7. The lowest BCUT2D eigenvalue weighted by atomic mass is 9.89. The Labute approximate surface area is 106 Å². The van der Waals surface area contributed by atoms with Crippen LogP contribution in [0.25, 0.3) is 0 Å². The Kier molecular flexibility index (Phi) is 5.74. The van der Waals surface area contributed by atoms with Crippen molar-refractivity contribution in [2.24, 2.45) is 5.92 Å². The number of carbonyl (C=O) groups is 1. The van der Waals surface area contributed by atoms with Crippen LogP contribution in [0.2, 0.25) is 0 Å². The monoisotopic (exact) mass is 259 g/mol. The van der Waals surface area contributed by atoms with Crippen LogP contribution in [-0.2, 0) is 9.53 Å². The normalized spacial score (nSPS) is 36.1. The fourth-order valence-corrected chi connectivity index (χ4v) is 2.00. The van der Waals surface area contributed by atoms with Crippen LogP contribution in [0, 0.1) is 5.92 Å². The van der Waals surface area contributed by atoms with Gasteiger partial charge in [0.05, 0.1) is 18.8 Å². The molecule has 1 rings (SSSR count). The fourth-order valence-electron chi connectivity index (χ4n) is 2.00. The van der Waals surface area contributed by atoms with Crippen molar-refractivity contribution in [3.05, 3.63) is 12.7 Å². The van der Waals surface area contributed by atoms with Gasteiger partial charge in [0.1, 0.15) is 6.10 Å². The predicted octanol–water partition coefficient (Wildman–Crippen LogP) is -0.856. The molecule has 6 heteroatoms. The summed E-state index contributed by atoms with van der Waals surface area (Å²) >= 11 is 0. The van der Waals surface area contributed by atoms with Gasteiger partial charge in [0.2, 0.25) is 5.91 Å². The second-order valence-electron chi connectivity index (χ2n) is 4.52. The smallest absolute Gasteiger partial charge is 0.220 e. The van der Waals surface area contributed by atoms with Crippen LogP contribution in [0.4, 0.5) is 0 Å². The van der Waals surface area contributed by atoms with Crippen LogP contribution >= 0.6 is 0 Å². The highest BCUT2D eigenvalue weighted by molar-refractivity contribution is 5.76. The number of nitrogens with one attached hydrogen (secondary N) is 1. The molecule has 0 aromatic heterocycles. The van der Waals surface area contributed by atoms with E-state index in [4.69, 9.17) is 9.84 Å². The molecule has 0 saturated carbocycles. The lowest BCUT2D eigenvalue weighted by Crippen LogP contribution is -2.60. The van der Waals surface area contributed by atoms with Gasteiger partial charge in [-0.05, 0) is 6.42 Å². The summed E-state index contributed by atoms with van der Waals surface area (Å²) in [6.45, 7) is 4.84. The van der Waals surface area contributed by atoms with Crippen LogP contribution in [0.5, 0.6) is 0 Å². The van der Waals surface area contributed by atoms with Crippen molar-refractivity contribution >= 4 is 5.91 Å². The van der Waals surface area contributed by atoms with Gasteiger partial charge in [0.15, 0.2) is 6.29 Å². The third-order valence-corrected chi connectivity index (χ3v) is 3.19. The Morgan fingerprint density at radius 3 is 2.72 bits per heavy atom. The first-order chi connectivity index (χ1) is 8.51. The molecule has 0 bridgehead atoms. The Bertz CT molecular complexity index is 296. The van der Waals surface area contributed by atoms with Crippen molar-refractivity contribution in [2.75, 3.05) is 6.61 Å². The van der Waals surface area contributed by atoms with Crippen LogP contribution in [0.1, 0.15) is 19.8 Å². The zero-order valence-corrected chi connectivity index (χ0v) is 10.5. The molecular formula is C12H21NO5. The molecule has 6 nitrogen and oxygen atoms in total. The largest absolute Gasteiger partial charge is 0.394 e. The van der Waals surface area contributed by atoms with Crippen molar-refractivity contribution < 1.29 is 24.9 Å². The molecule has 18 heavy (non-hydrogen) atoms. The Balaban J connectivity index is 2.59. The summed E-state index contributed by atoms with van der Waals surface area (Å²) in [5, 5.41) is 31.2. The molecule has 1 aliphatic heterocycles. The number of carbonyl (C=O) groups excluding carboxylic acids is 1. The molecule has 0 radical (unpaired) electrons. The van der Waals surface area contributed by atoms with Crippen molar-refractivity contribution in [1.82, 2.24) is 5.32 Å². The Hall–Kier alpha value is -0.950. The van der Waals surface area contributed by atoms with Gasteiger partial charge >= 0.3 is 0 Å². The van der Waals surface area contributed by atoms with Gasteiger partial charge in [-0.15, -0.1) is 6.58 Å². The summed E-state index contributed by atoms with van der Waals surface area (Å²) in [6.07, 6.45) is -0.523. The maximum atomic E-state index is 11.6. The van der Waals surface area contributed by atoms with Gasteiger partial charge in [-0.25, -0.2) is 0 Å². The van der Waals surface area contributed by atoms with E-state index in [2.05, 4.69) is 11.9 Å². The van der Waals surface area contributed by atoms with E-state index in [-0.39, 0.29) is 18.9 Å². The van der Waals surface area contributed by atoms with Gasteiger partial charge in [0, 0.05) is 12.3 Å². The van der Waals surface area contributed by atoms with E-state index in [1.54, 1.807) is 13.0 Å². The predicted molar refractivity (Wildman–Crippen MR) is 64.5 cm³/mol. The average molecular weight is 259 g/mol. The van der Waals surface area contributed by atoms with Crippen molar-refractivity contribution in [1.29, 1.82) is 0 Å². The lowest BCUT2D eigenvalue weighted by molar-refractivity contribution is -0.238. The molecule has 4 N–H and O–H groups in total. The minimum absolute atomic E-state index is 0.232. The first kappa shape index (κ1) is 15.1. The van der Waals surface area contributed by atoms with E-state index in [1.165, 1.54) is 0 Å². The standard InChI is InChI=1S/C12H21NO5/c1-3-4-5-9(15)13-10-7(2)11(16)8(6-14)18-12(10)17/h3,7-8,10-12,14,16-17H,1,4-6H2,2H3,(H,13,15). The van der Waals surface area contributed by atoms with Gasteiger partial charge in [0.25, 0.3) is 0 Å².